The second kappa shape index (κ2) is 5.07. The first-order chi connectivity index (χ1) is 8.20. The third-order valence-corrected chi connectivity index (χ3v) is 3.88. The van der Waals surface area contributed by atoms with E-state index in [0.29, 0.717) is 6.10 Å². The Morgan fingerprint density at radius 2 is 1.94 bits per heavy atom. The molecule has 1 aromatic carbocycles. The van der Waals surface area contributed by atoms with Crippen LogP contribution in [0.2, 0.25) is 0 Å². The highest BCUT2D eigenvalue weighted by Crippen LogP contribution is 2.41. The van der Waals surface area contributed by atoms with Crippen LogP contribution >= 0.6 is 0 Å². The van der Waals surface area contributed by atoms with Crippen LogP contribution in [0.1, 0.15) is 31.2 Å². The van der Waals surface area contributed by atoms with Gasteiger partial charge in [-0.15, -0.1) is 0 Å². The van der Waals surface area contributed by atoms with Crippen LogP contribution < -0.4 is 5.73 Å². The van der Waals surface area contributed by atoms with Crippen molar-refractivity contribution >= 4 is 5.69 Å². The number of nitrogen functional groups attached to an aromatic ring is 1. The third kappa shape index (κ3) is 2.45. The summed E-state index contributed by atoms with van der Waals surface area (Å²) in [6, 6.07) is 8.03. The van der Waals surface area contributed by atoms with Gasteiger partial charge in [-0.2, -0.15) is 0 Å². The maximum absolute atomic E-state index is 5.85. The first-order valence-electron chi connectivity index (χ1n) is 6.14. The van der Waals surface area contributed by atoms with Crippen molar-refractivity contribution in [3.8, 4) is 0 Å². The Kier molecular flexibility index (Phi) is 3.69. The normalized spacial score (nSPS) is 29.2. The van der Waals surface area contributed by atoms with Crippen LogP contribution in [0.3, 0.4) is 0 Å². The fraction of sp³-hybridized carbons (Fsp3) is 0.571. The van der Waals surface area contributed by atoms with E-state index in [0.717, 1.165) is 31.4 Å². The average molecular weight is 235 g/mol. The Balaban J connectivity index is 2.21. The fourth-order valence-corrected chi connectivity index (χ4v) is 2.73. The van der Waals surface area contributed by atoms with Gasteiger partial charge in [-0.3, -0.25) is 0 Å². The molecule has 0 aliphatic heterocycles. The predicted molar refractivity (Wildman–Crippen MR) is 68.8 cm³/mol. The Bertz CT molecular complexity index is 370. The molecule has 1 saturated carbocycles. The van der Waals surface area contributed by atoms with Crippen molar-refractivity contribution in [2.24, 2.45) is 0 Å². The number of hydrogen-bond donors (Lipinski definition) is 1. The second-order valence-corrected chi connectivity index (χ2v) is 4.76. The summed E-state index contributed by atoms with van der Waals surface area (Å²) < 4.78 is 11.2. The molecule has 2 rings (SSSR count). The molecule has 3 nitrogen and oxygen atoms in total. The summed E-state index contributed by atoms with van der Waals surface area (Å²) in [5.41, 5.74) is 7.66. The maximum atomic E-state index is 5.85. The molecule has 1 aromatic rings. The lowest BCUT2D eigenvalue weighted by molar-refractivity contribution is -0.0761. The maximum Gasteiger partial charge on any atom is 0.0930 e. The number of rotatable bonds is 3. The quantitative estimate of drug-likeness (QED) is 0.819. The molecule has 0 atom stereocenters. The van der Waals surface area contributed by atoms with Gasteiger partial charge in [-0.25, -0.2) is 0 Å². The minimum Gasteiger partial charge on any atom is -0.399 e. The molecular weight excluding hydrogens is 214 g/mol. The Labute approximate surface area is 103 Å². The monoisotopic (exact) mass is 235 g/mol. The van der Waals surface area contributed by atoms with Crippen LogP contribution in [-0.4, -0.2) is 20.3 Å². The van der Waals surface area contributed by atoms with E-state index in [-0.39, 0.29) is 5.60 Å². The van der Waals surface area contributed by atoms with E-state index in [1.54, 1.807) is 14.2 Å². The highest BCUT2D eigenvalue weighted by Gasteiger charge is 2.37. The van der Waals surface area contributed by atoms with E-state index >= 15 is 0 Å². The predicted octanol–water partition coefficient (Wildman–Crippen LogP) is 2.70. The molecule has 2 N–H and O–H groups in total. The number of nitrogens with two attached hydrogens (primary N) is 1. The Morgan fingerprint density at radius 3 is 2.47 bits per heavy atom. The zero-order chi connectivity index (χ0) is 12.3. The molecule has 0 saturated heterocycles. The highest BCUT2D eigenvalue weighted by molar-refractivity contribution is 5.42. The third-order valence-electron chi connectivity index (χ3n) is 3.88. The Hall–Kier alpha value is -1.06. The van der Waals surface area contributed by atoms with Gasteiger partial charge in [0, 0.05) is 19.9 Å². The van der Waals surface area contributed by atoms with Gasteiger partial charge in [-0.05, 0) is 43.4 Å². The van der Waals surface area contributed by atoms with Gasteiger partial charge in [-0.1, -0.05) is 12.1 Å². The lowest BCUT2D eigenvalue weighted by Gasteiger charge is -2.39. The van der Waals surface area contributed by atoms with E-state index in [1.807, 2.05) is 18.2 Å². The van der Waals surface area contributed by atoms with Crippen molar-refractivity contribution in [1.29, 1.82) is 0 Å². The van der Waals surface area contributed by atoms with Crippen molar-refractivity contribution in [2.45, 2.75) is 37.4 Å². The van der Waals surface area contributed by atoms with Crippen LogP contribution in [0.4, 0.5) is 5.69 Å². The molecule has 1 aliphatic rings. The molecule has 0 spiro atoms. The molecule has 1 aliphatic carbocycles. The van der Waals surface area contributed by atoms with Gasteiger partial charge in [0.1, 0.15) is 0 Å². The van der Waals surface area contributed by atoms with Crippen molar-refractivity contribution < 1.29 is 9.47 Å². The van der Waals surface area contributed by atoms with Crippen molar-refractivity contribution in [2.75, 3.05) is 20.0 Å². The smallest absolute Gasteiger partial charge is 0.0930 e. The topological polar surface area (TPSA) is 44.5 Å². The van der Waals surface area contributed by atoms with Gasteiger partial charge in [0.05, 0.1) is 11.7 Å². The standard InChI is InChI=1S/C14H21NO2/c1-16-13-6-8-14(17-2,9-7-13)11-4-3-5-12(15)10-11/h3-5,10,13H,6-9,15H2,1-2H3/t13-,14-. The summed E-state index contributed by atoms with van der Waals surface area (Å²) in [7, 11) is 3.57. The molecule has 3 heteroatoms. The average Bonchev–Trinajstić information content (AvgIpc) is 2.39. The first kappa shape index (κ1) is 12.4. The highest BCUT2D eigenvalue weighted by atomic mass is 16.5. The number of ether oxygens (including phenoxy) is 2. The molecule has 94 valence electrons. The molecular formula is C14H21NO2. The molecule has 0 radical (unpaired) electrons. The molecule has 17 heavy (non-hydrogen) atoms. The lowest BCUT2D eigenvalue weighted by Crippen LogP contribution is -2.35. The summed E-state index contributed by atoms with van der Waals surface area (Å²) in [4.78, 5) is 0. The van der Waals surface area contributed by atoms with Crippen LogP contribution in [0.15, 0.2) is 24.3 Å². The number of anilines is 1. The van der Waals surface area contributed by atoms with E-state index in [9.17, 15) is 0 Å². The van der Waals surface area contributed by atoms with Crippen molar-refractivity contribution in [1.82, 2.24) is 0 Å². The number of methoxy groups -OCH3 is 2. The first-order valence-corrected chi connectivity index (χ1v) is 6.14. The summed E-state index contributed by atoms with van der Waals surface area (Å²) in [5.74, 6) is 0. The van der Waals surface area contributed by atoms with Crippen LogP contribution in [0.5, 0.6) is 0 Å². The lowest BCUT2D eigenvalue weighted by atomic mass is 9.78. The molecule has 0 heterocycles. The summed E-state index contributed by atoms with van der Waals surface area (Å²) >= 11 is 0. The van der Waals surface area contributed by atoms with Crippen LogP contribution in [0, 0.1) is 0 Å². The van der Waals surface area contributed by atoms with Gasteiger partial charge in [0.2, 0.25) is 0 Å². The second-order valence-electron chi connectivity index (χ2n) is 4.76. The minimum atomic E-state index is -0.176. The molecule has 0 unspecified atom stereocenters. The summed E-state index contributed by atoms with van der Waals surface area (Å²) in [5, 5.41) is 0. The zero-order valence-corrected chi connectivity index (χ0v) is 10.6. The summed E-state index contributed by atoms with van der Waals surface area (Å²) in [6.45, 7) is 0. The van der Waals surface area contributed by atoms with E-state index in [4.69, 9.17) is 15.2 Å². The zero-order valence-electron chi connectivity index (χ0n) is 10.6. The number of hydrogen-bond acceptors (Lipinski definition) is 3. The van der Waals surface area contributed by atoms with Crippen LogP contribution in [0.25, 0.3) is 0 Å². The van der Waals surface area contributed by atoms with Gasteiger partial charge in [0.25, 0.3) is 0 Å². The fourth-order valence-electron chi connectivity index (χ4n) is 2.73. The number of benzene rings is 1. The summed E-state index contributed by atoms with van der Waals surface area (Å²) in [6.07, 6.45) is 4.44. The van der Waals surface area contributed by atoms with Crippen molar-refractivity contribution in [3.63, 3.8) is 0 Å². The molecule has 0 amide bonds. The molecule has 0 bridgehead atoms. The SMILES string of the molecule is CO[C@H]1CC[C@@](OC)(c2cccc(N)c2)CC1. The molecule has 0 aromatic heterocycles. The van der Waals surface area contributed by atoms with Gasteiger partial charge < -0.3 is 15.2 Å². The van der Waals surface area contributed by atoms with Gasteiger partial charge in [0.15, 0.2) is 0 Å². The minimum absolute atomic E-state index is 0.176. The van der Waals surface area contributed by atoms with E-state index in [1.165, 1.54) is 5.56 Å². The Morgan fingerprint density at radius 1 is 1.24 bits per heavy atom. The van der Waals surface area contributed by atoms with E-state index in [2.05, 4.69) is 6.07 Å². The van der Waals surface area contributed by atoms with Crippen molar-refractivity contribution in [3.05, 3.63) is 29.8 Å². The largest absolute Gasteiger partial charge is 0.399 e. The van der Waals surface area contributed by atoms with E-state index < -0.39 is 0 Å². The molecule has 1 fully saturated rings. The van der Waals surface area contributed by atoms with Crippen LogP contribution in [-0.2, 0) is 15.1 Å². The van der Waals surface area contributed by atoms with Gasteiger partial charge >= 0.3 is 0 Å².